The third-order valence-electron chi connectivity index (χ3n) is 5.07. The molecule has 0 fully saturated rings. The fraction of sp³-hybridized carbons (Fsp3) is 0.900. The Kier molecular flexibility index (Phi) is 12.7. The Labute approximate surface area is 148 Å². The first kappa shape index (κ1) is 22.9. The maximum atomic E-state index is 10.8. The zero-order chi connectivity index (χ0) is 18.5. The van der Waals surface area contributed by atoms with Crippen LogP contribution in [0.15, 0.2) is 0 Å². The lowest BCUT2D eigenvalue weighted by Gasteiger charge is -2.16. The van der Waals surface area contributed by atoms with E-state index in [-0.39, 0.29) is 18.3 Å². The summed E-state index contributed by atoms with van der Waals surface area (Å²) in [5.74, 6) is 0.0649. The fourth-order valence-electron chi connectivity index (χ4n) is 3.21. The van der Waals surface area contributed by atoms with E-state index in [9.17, 15) is 9.59 Å². The van der Waals surface area contributed by atoms with Gasteiger partial charge in [0, 0.05) is 6.42 Å². The minimum absolute atomic E-state index is 0.222. The van der Waals surface area contributed by atoms with Crippen molar-refractivity contribution < 1.29 is 19.8 Å². The van der Waals surface area contributed by atoms with Gasteiger partial charge in [-0.15, -0.1) is 0 Å². The molecule has 0 rings (SSSR count). The van der Waals surface area contributed by atoms with Gasteiger partial charge in [0.15, 0.2) is 0 Å². The smallest absolute Gasteiger partial charge is 0.306 e. The van der Waals surface area contributed by atoms with Crippen molar-refractivity contribution in [2.24, 2.45) is 23.7 Å². The molecule has 0 aromatic heterocycles. The van der Waals surface area contributed by atoms with Crippen LogP contribution in [0.4, 0.5) is 0 Å². The number of rotatable bonds is 15. The summed E-state index contributed by atoms with van der Waals surface area (Å²) in [5.41, 5.74) is 0. The van der Waals surface area contributed by atoms with Gasteiger partial charge in [-0.3, -0.25) is 9.59 Å². The number of aliphatic carboxylic acids is 2. The van der Waals surface area contributed by atoms with Gasteiger partial charge in [-0.05, 0) is 24.2 Å². The normalized spacial score (nSPS) is 16.3. The van der Waals surface area contributed by atoms with E-state index < -0.39 is 11.9 Å². The Bertz CT molecular complexity index is 354. The molecule has 0 saturated carbocycles. The number of carboxylic acids is 2. The molecule has 0 aliphatic rings. The summed E-state index contributed by atoms with van der Waals surface area (Å²) < 4.78 is 0. The van der Waals surface area contributed by atoms with Crippen molar-refractivity contribution in [2.75, 3.05) is 0 Å². The number of carbonyl (C=O) groups is 2. The molecule has 4 unspecified atom stereocenters. The lowest BCUT2D eigenvalue weighted by atomic mass is 9.90. The van der Waals surface area contributed by atoms with Crippen LogP contribution in [0.5, 0.6) is 0 Å². The second-order valence-corrected chi connectivity index (χ2v) is 7.95. The molecule has 0 saturated heterocycles. The van der Waals surface area contributed by atoms with Crippen LogP contribution in [0.2, 0.25) is 0 Å². The molecule has 0 aliphatic heterocycles. The van der Waals surface area contributed by atoms with E-state index in [0.717, 1.165) is 32.1 Å². The van der Waals surface area contributed by atoms with E-state index in [4.69, 9.17) is 10.2 Å². The zero-order valence-corrected chi connectivity index (χ0v) is 16.1. The summed E-state index contributed by atoms with van der Waals surface area (Å²) in [7, 11) is 0. The first-order valence-electron chi connectivity index (χ1n) is 9.66. The third kappa shape index (κ3) is 13.4. The van der Waals surface area contributed by atoms with Crippen molar-refractivity contribution in [1.82, 2.24) is 0 Å². The van der Waals surface area contributed by atoms with Gasteiger partial charge in [0.25, 0.3) is 0 Å². The van der Waals surface area contributed by atoms with Crippen LogP contribution in [0, 0.1) is 23.7 Å². The van der Waals surface area contributed by atoms with Crippen LogP contribution in [0.25, 0.3) is 0 Å². The van der Waals surface area contributed by atoms with Crippen LogP contribution in [-0.2, 0) is 9.59 Å². The quantitative estimate of drug-likeness (QED) is 0.406. The monoisotopic (exact) mass is 342 g/mol. The van der Waals surface area contributed by atoms with Gasteiger partial charge in [-0.25, -0.2) is 0 Å². The molecule has 4 heteroatoms. The van der Waals surface area contributed by atoms with E-state index >= 15 is 0 Å². The summed E-state index contributed by atoms with van der Waals surface area (Å²) in [4.78, 5) is 21.4. The SMILES string of the molecule is CC(CCCC(C)CCCC(C)C(=O)O)CCCC(C)CC(=O)O. The van der Waals surface area contributed by atoms with Gasteiger partial charge in [0.2, 0.25) is 0 Å². The predicted octanol–water partition coefficient (Wildman–Crippen LogP) is 5.60. The average Bonchev–Trinajstić information content (AvgIpc) is 2.46. The number of carboxylic acid groups (broad SMARTS) is 2. The second kappa shape index (κ2) is 13.3. The molecule has 142 valence electrons. The molecule has 4 atom stereocenters. The average molecular weight is 343 g/mol. The van der Waals surface area contributed by atoms with Crippen molar-refractivity contribution in [3.05, 3.63) is 0 Å². The van der Waals surface area contributed by atoms with Crippen LogP contribution < -0.4 is 0 Å². The molecular formula is C20H38O4. The highest BCUT2D eigenvalue weighted by atomic mass is 16.4. The minimum atomic E-state index is -0.692. The molecule has 24 heavy (non-hydrogen) atoms. The van der Waals surface area contributed by atoms with E-state index in [1.807, 2.05) is 6.92 Å². The summed E-state index contributed by atoms with van der Waals surface area (Å²) >= 11 is 0. The van der Waals surface area contributed by atoms with Crippen molar-refractivity contribution in [1.29, 1.82) is 0 Å². The van der Waals surface area contributed by atoms with Gasteiger partial charge < -0.3 is 10.2 Å². The van der Waals surface area contributed by atoms with Crippen LogP contribution in [0.1, 0.15) is 91.9 Å². The largest absolute Gasteiger partial charge is 0.481 e. The summed E-state index contributed by atoms with van der Waals surface area (Å²) in [6, 6.07) is 0. The molecule has 2 N–H and O–H groups in total. The molecule has 0 bridgehead atoms. The molecular weight excluding hydrogens is 304 g/mol. The highest BCUT2D eigenvalue weighted by Crippen LogP contribution is 2.22. The summed E-state index contributed by atoms with van der Waals surface area (Å²) in [6.07, 6.45) is 10.2. The molecule has 0 spiro atoms. The van der Waals surface area contributed by atoms with Crippen molar-refractivity contribution in [3.8, 4) is 0 Å². The highest BCUT2D eigenvalue weighted by molar-refractivity contribution is 5.69. The van der Waals surface area contributed by atoms with E-state index in [0.29, 0.717) is 11.8 Å². The molecule has 0 radical (unpaired) electrons. The Balaban J connectivity index is 3.61. The lowest BCUT2D eigenvalue weighted by Crippen LogP contribution is -2.09. The fourth-order valence-corrected chi connectivity index (χ4v) is 3.21. The molecule has 0 amide bonds. The first-order chi connectivity index (χ1) is 11.2. The van der Waals surface area contributed by atoms with Gasteiger partial charge in [0.1, 0.15) is 0 Å². The molecule has 4 nitrogen and oxygen atoms in total. The van der Waals surface area contributed by atoms with E-state index in [1.54, 1.807) is 6.92 Å². The van der Waals surface area contributed by atoms with Gasteiger partial charge in [-0.1, -0.05) is 79.1 Å². The summed E-state index contributed by atoms with van der Waals surface area (Å²) in [5, 5.41) is 17.6. The molecule has 0 aromatic carbocycles. The topological polar surface area (TPSA) is 74.6 Å². The lowest BCUT2D eigenvalue weighted by molar-refractivity contribution is -0.141. The van der Waals surface area contributed by atoms with Crippen LogP contribution in [0.3, 0.4) is 0 Å². The Morgan fingerprint density at radius 2 is 1.04 bits per heavy atom. The second-order valence-electron chi connectivity index (χ2n) is 7.95. The van der Waals surface area contributed by atoms with Gasteiger partial charge in [-0.2, -0.15) is 0 Å². The standard InChI is InChI=1S/C20H38O4/c1-15(10-6-12-17(3)14-19(21)22)8-5-9-16(2)11-7-13-18(4)20(23)24/h15-18H,5-14H2,1-4H3,(H,21,22)(H,23,24). The maximum Gasteiger partial charge on any atom is 0.306 e. The maximum absolute atomic E-state index is 10.8. The molecule has 0 aromatic rings. The Hall–Kier alpha value is -1.06. The predicted molar refractivity (Wildman–Crippen MR) is 98.1 cm³/mol. The van der Waals surface area contributed by atoms with Crippen LogP contribution in [-0.4, -0.2) is 22.2 Å². The van der Waals surface area contributed by atoms with Crippen molar-refractivity contribution >= 4 is 11.9 Å². The Morgan fingerprint density at radius 1 is 0.667 bits per heavy atom. The van der Waals surface area contributed by atoms with Gasteiger partial charge >= 0.3 is 11.9 Å². The Morgan fingerprint density at radius 3 is 1.42 bits per heavy atom. The van der Waals surface area contributed by atoms with Crippen LogP contribution >= 0.6 is 0 Å². The highest BCUT2D eigenvalue weighted by Gasteiger charge is 2.12. The first-order valence-corrected chi connectivity index (χ1v) is 9.66. The van der Waals surface area contributed by atoms with Crippen molar-refractivity contribution in [2.45, 2.75) is 91.9 Å². The number of hydrogen-bond acceptors (Lipinski definition) is 2. The molecule has 0 heterocycles. The zero-order valence-electron chi connectivity index (χ0n) is 16.1. The number of hydrogen-bond donors (Lipinski definition) is 2. The summed E-state index contributed by atoms with van der Waals surface area (Å²) in [6.45, 7) is 8.36. The van der Waals surface area contributed by atoms with Crippen molar-refractivity contribution in [3.63, 3.8) is 0 Å². The van der Waals surface area contributed by atoms with E-state index in [2.05, 4.69) is 13.8 Å². The minimum Gasteiger partial charge on any atom is -0.481 e. The molecule has 0 aliphatic carbocycles. The van der Waals surface area contributed by atoms with Gasteiger partial charge in [0.05, 0.1) is 5.92 Å². The third-order valence-corrected chi connectivity index (χ3v) is 5.07. The van der Waals surface area contributed by atoms with E-state index in [1.165, 1.54) is 25.7 Å².